The summed E-state index contributed by atoms with van der Waals surface area (Å²) in [5, 5.41) is 3.82. The van der Waals surface area contributed by atoms with Crippen LogP contribution in [0.4, 0.5) is 0 Å². The molecule has 1 amide bonds. The van der Waals surface area contributed by atoms with E-state index in [-0.39, 0.29) is 11.9 Å². The van der Waals surface area contributed by atoms with Gasteiger partial charge in [-0.1, -0.05) is 42.8 Å². The molecule has 0 bridgehead atoms. The zero-order chi connectivity index (χ0) is 19.0. The van der Waals surface area contributed by atoms with Gasteiger partial charge in [-0.25, -0.2) is 0 Å². The number of fused-ring (bicyclic) bond motifs is 1. The van der Waals surface area contributed by atoms with Gasteiger partial charge in [-0.3, -0.25) is 4.79 Å². The molecule has 144 valence electrons. The lowest BCUT2D eigenvalue weighted by molar-refractivity contribution is 0.0698. The number of hydrogen-bond acceptors (Lipinski definition) is 4. The van der Waals surface area contributed by atoms with Gasteiger partial charge in [0.15, 0.2) is 0 Å². The zero-order valence-electron chi connectivity index (χ0n) is 16.5. The molecule has 0 radical (unpaired) electrons. The lowest BCUT2D eigenvalue weighted by atomic mass is 9.87. The van der Waals surface area contributed by atoms with E-state index in [0.717, 1.165) is 19.6 Å². The van der Waals surface area contributed by atoms with Crippen LogP contribution < -0.4 is 0 Å². The van der Waals surface area contributed by atoms with Crippen LogP contribution >= 0.6 is 0 Å². The lowest BCUT2D eigenvalue weighted by Crippen LogP contribution is -2.36. The minimum Gasteiger partial charge on any atom is -0.361 e. The second-order valence-corrected chi connectivity index (χ2v) is 8.09. The van der Waals surface area contributed by atoms with Gasteiger partial charge in [-0.15, -0.1) is 0 Å². The van der Waals surface area contributed by atoms with Gasteiger partial charge in [0.25, 0.3) is 5.91 Å². The molecule has 1 aromatic heterocycles. The average Bonchev–Trinajstić information content (AvgIpc) is 3.34. The van der Waals surface area contributed by atoms with Crippen LogP contribution in [0.5, 0.6) is 0 Å². The van der Waals surface area contributed by atoms with E-state index in [0.29, 0.717) is 23.2 Å². The first-order chi connectivity index (χ1) is 13.1. The highest BCUT2D eigenvalue weighted by Crippen LogP contribution is 2.46. The van der Waals surface area contributed by atoms with Crippen molar-refractivity contribution in [3.05, 3.63) is 52.9 Å². The van der Waals surface area contributed by atoms with Crippen LogP contribution in [-0.4, -0.2) is 47.0 Å². The van der Waals surface area contributed by atoms with Crippen LogP contribution in [0.2, 0.25) is 0 Å². The number of amides is 1. The van der Waals surface area contributed by atoms with Gasteiger partial charge < -0.3 is 14.3 Å². The molecule has 5 nitrogen and oxygen atoms in total. The van der Waals surface area contributed by atoms with Gasteiger partial charge in [-0.2, -0.15) is 0 Å². The molecule has 4 rings (SSSR count). The van der Waals surface area contributed by atoms with E-state index in [4.69, 9.17) is 4.52 Å². The summed E-state index contributed by atoms with van der Waals surface area (Å²) < 4.78 is 5.16. The van der Waals surface area contributed by atoms with Crippen molar-refractivity contribution in [1.82, 2.24) is 15.0 Å². The van der Waals surface area contributed by atoms with E-state index >= 15 is 0 Å². The van der Waals surface area contributed by atoms with Gasteiger partial charge in [0.1, 0.15) is 11.3 Å². The van der Waals surface area contributed by atoms with Crippen molar-refractivity contribution in [3.63, 3.8) is 0 Å². The van der Waals surface area contributed by atoms with Crippen molar-refractivity contribution in [3.8, 4) is 0 Å². The summed E-state index contributed by atoms with van der Waals surface area (Å²) in [6.45, 7) is 10.4. The Hall–Kier alpha value is -2.14. The highest BCUT2D eigenvalue weighted by molar-refractivity contribution is 5.95. The number of unbranched alkanes of at least 4 members (excludes halogenated alkanes) is 1. The molecule has 5 heteroatoms. The van der Waals surface area contributed by atoms with Crippen LogP contribution in [0, 0.1) is 25.7 Å². The average molecular weight is 367 g/mol. The third-order valence-electron chi connectivity index (χ3n) is 6.32. The molecule has 2 saturated heterocycles. The monoisotopic (exact) mass is 367 g/mol. The first-order valence-corrected chi connectivity index (χ1v) is 10.1. The maximum absolute atomic E-state index is 13.3. The molecule has 0 unspecified atom stereocenters. The number of carbonyl (C=O) groups excluding carboxylic acids is 1. The number of aromatic nitrogens is 1. The van der Waals surface area contributed by atoms with Crippen molar-refractivity contribution < 1.29 is 9.32 Å². The zero-order valence-corrected chi connectivity index (χ0v) is 16.5. The Bertz CT molecular complexity index is 815. The van der Waals surface area contributed by atoms with E-state index < -0.39 is 0 Å². The molecule has 2 aromatic rings. The van der Waals surface area contributed by atoms with Crippen LogP contribution in [0.3, 0.4) is 0 Å². The molecule has 2 aliphatic heterocycles. The molecular weight excluding hydrogens is 338 g/mol. The second kappa shape index (κ2) is 7.47. The van der Waals surface area contributed by atoms with Gasteiger partial charge in [0, 0.05) is 25.6 Å². The number of hydrogen-bond donors (Lipinski definition) is 0. The molecule has 0 spiro atoms. The topological polar surface area (TPSA) is 49.6 Å². The Morgan fingerprint density at radius 1 is 1.22 bits per heavy atom. The molecule has 0 N–H and O–H groups in total. The molecule has 27 heavy (non-hydrogen) atoms. The summed E-state index contributed by atoms with van der Waals surface area (Å²) in [7, 11) is 0. The summed E-state index contributed by atoms with van der Waals surface area (Å²) in [6.07, 6.45) is 4.04. The third kappa shape index (κ3) is 3.29. The highest BCUT2D eigenvalue weighted by Gasteiger charge is 2.49. The molecule has 3 atom stereocenters. The molecule has 2 aliphatic rings. The quantitative estimate of drug-likeness (QED) is 0.806. The Balaban J connectivity index is 1.65. The maximum atomic E-state index is 13.3. The van der Waals surface area contributed by atoms with Crippen LogP contribution in [0.15, 0.2) is 35.0 Å². The van der Waals surface area contributed by atoms with E-state index in [9.17, 15) is 4.79 Å². The molecule has 0 aliphatic carbocycles. The summed E-state index contributed by atoms with van der Waals surface area (Å²) in [6, 6.07) is 8.64. The number of likely N-dealkylation sites (tertiary alicyclic amines) is 2. The largest absolute Gasteiger partial charge is 0.361 e. The molecule has 1 aromatic carbocycles. The summed E-state index contributed by atoms with van der Waals surface area (Å²) in [5.74, 6) is 1.68. The Morgan fingerprint density at radius 2 is 2.04 bits per heavy atom. The third-order valence-corrected chi connectivity index (χ3v) is 6.32. The minimum absolute atomic E-state index is 0.0523. The molecular formula is C22H29N3O2. The van der Waals surface area contributed by atoms with E-state index in [1.165, 1.54) is 30.5 Å². The molecule has 0 saturated carbocycles. The Morgan fingerprint density at radius 3 is 2.74 bits per heavy atom. The number of benzene rings is 1. The van der Waals surface area contributed by atoms with Gasteiger partial charge in [0.2, 0.25) is 0 Å². The Labute approximate surface area is 161 Å². The van der Waals surface area contributed by atoms with E-state index in [1.54, 1.807) is 6.20 Å². The summed E-state index contributed by atoms with van der Waals surface area (Å²) in [4.78, 5) is 18.0. The van der Waals surface area contributed by atoms with Gasteiger partial charge in [-0.05, 0) is 43.9 Å². The minimum atomic E-state index is 0.0523. The van der Waals surface area contributed by atoms with Crippen molar-refractivity contribution in [2.75, 3.05) is 26.2 Å². The van der Waals surface area contributed by atoms with E-state index in [1.807, 2.05) is 6.92 Å². The predicted octanol–water partition coefficient (Wildman–Crippen LogP) is 3.84. The van der Waals surface area contributed by atoms with Gasteiger partial charge >= 0.3 is 0 Å². The summed E-state index contributed by atoms with van der Waals surface area (Å²) in [5.41, 5.74) is 3.14. The number of rotatable bonds is 5. The van der Waals surface area contributed by atoms with Crippen molar-refractivity contribution >= 4 is 5.91 Å². The second-order valence-electron chi connectivity index (χ2n) is 8.09. The van der Waals surface area contributed by atoms with Crippen LogP contribution in [0.25, 0.3) is 0 Å². The van der Waals surface area contributed by atoms with Crippen molar-refractivity contribution in [2.45, 2.75) is 39.7 Å². The maximum Gasteiger partial charge on any atom is 0.259 e. The van der Waals surface area contributed by atoms with Crippen LogP contribution in [0.1, 0.15) is 53.1 Å². The van der Waals surface area contributed by atoms with Crippen molar-refractivity contribution in [2.24, 2.45) is 11.8 Å². The fourth-order valence-corrected chi connectivity index (χ4v) is 4.89. The number of nitrogens with zero attached hydrogens (tertiary/aromatic N) is 3. The SMILES string of the molecule is CCCCN1C[C@H]2CN(C(=O)c3cnoc3C)[C@H](c3ccccc3C)[C@H]2C1. The number of carbonyl (C=O) groups is 1. The highest BCUT2D eigenvalue weighted by atomic mass is 16.5. The fraction of sp³-hybridized carbons (Fsp3) is 0.545. The van der Waals surface area contributed by atoms with Crippen LogP contribution in [-0.2, 0) is 0 Å². The standard InChI is InChI=1S/C22H29N3O2/c1-4-5-10-24-12-17-13-25(22(26)19-11-23-27-16(19)3)21(20(17)14-24)18-9-7-6-8-15(18)2/h6-9,11,17,20-21H,4-5,10,12-14H2,1-3H3/t17-,20-,21+/m0/s1. The van der Waals surface area contributed by atoms with Gasteiger partial charge in [0.05, 0.1) is 12.2 Å². The predicted molar refractivity (Wildman–Crippen MR) is 105 cm³/mol. The first-order valence-electron chi connectivity index (χ1n) is 10.1. The smallest absolute Gasteiger partial charge is 0.259 e. The van der Waals surface area contributed by atoms with E-state index in [2.05, 4.69) is 53.1 Å². The molecule has 3 heterocycles. The number of aryl methyl sites for hydroxylation is 2. The first kappa shape index (κ1) is 18.2. The fourth-order valence-electron chi connectivity index (χ4n) is 4.89. The van der Waals surface area contributed by atoms with Crippen molar-refractivity contribution in [1.29, 1.82) is 0 Å². The summed E-state index contributed by atoms with van der Waals surface area (Å²) >= 11 is 0. The molecule has 2 fully saturated rings. The Kier molecular flexibility index (Phi) is 5.04. The normalized spacial score (nSPS) is 25.1. The lowest BCUT2D eigenvalue weighted by Gasteiger charge is -2.30.